The van der Waals surface area contributed by atoms with Crippen molar-refractivity contribution >= 4 is 17.5 Å². The number of benzene rings is 1. The zero-order valence-electron chi connectivity index (χ0n) is 14.7. The molecule has 1 heterocycles. The van der Waals surface area contributed by atoms with Gasteiger partial charge in [-0.1, -0.05) is 6.07 Å². The second-order valence-electron chi connectivity index (χ2n) is 6.96. The summed E-state index contributed by atoms with van der Waals surface area (Å²) >= 11 is 0. The van der Waals surface area contributed by atoms with E-state index >= 15 is 0 Å². The Kier molecular flexibility index (Phi) is 5.02. The van der Waals surface area contributed by atoms with Crippen molar-refractivity contribution in [1.82, 2.24) is 10.3 Å². The Labute approximate surface area is 142 Å². The molecule has 2 aromatic rings. The number of amides is 2. The quantitative estimate of drug-likeness (QED) is 0.907. The van der Waals surface area contributed by atoms with E-state index in [0.29, 0.717) is 11.3 Å². The van der Waals surface area contributed by atoms with E-state index in [-0.39, 0.29) is 23.0 Å². The number of carbonyl (C=O) groups excluding carboxylic acids is 2. The lowest BCUT2D eigenvalue weighted by atomic mass is 10.1. The maximum atomic E-state index is 12.4. The highest BCUT2D eigenvalue weighted by Gasteiger charge is 2.17. The molecule has 24 heavy (non-hydrogen) atoms. The molecule has 0 spiro atoms. The summed E-state index contributed by atoms with van der Waals surface area (Å²) in [4.78, 5) is 28.7. The number of rotatable bonds is 3. The standard InChI is InChI=1S/C19H23N3O2/c1-12-8-13(2)10-15(9-12)21-18(24)16-11-14(6-7-20-16)17(23)22-19(3,4)5/h6-11H,1-5H3,(H,21,24)(H,22,23). The smallest absolute Gasteiger partial charge is 0.274 e. The molecule has 1 aromatic carbocycles. The van der Waals surface area contributed by atoms with Crippen LogP contribution in [0.1, 0.15) is 52.7 Å². The zero-order chi connectivity index (χ0) is 17.9. The Hall–Kier alpha value is -2.69. The molecule has 0 radical (unpaired) electrons. The van der Waals surface area contributed by atoms with Gasteiger partial charge in [-0.2, -0.15) is 0 Å². The summed E-state index contributed by atoms with van der Waals surface area (Å²) in [5.74, 6) is -0.573. The summed E-state index contributed by atoms with van der Waals surface area (Å²) in [5, 5.41) is 5.69. The molecular weight excluding hydrogens is 302 g/mol. The van der Waals surface area contributed by atoms with Crippen molar-refractivity contribution in [3.63, 3.8) is 0 Å². The van der Waals surface area contributed by atoms with E-state index in [9.17, 15) is 9.59 Å². The molecular formula is C19H23N3O2. The first-order valence-corrected chi connectivity index (χ1v) is 7.82. The number of anilines is 1. The molecule has 0 atom stereocenters. The van der Waals surface area contributed by atoms with Gasteiger partial charge in [-0.05, 0) is 70.0 Å². The van der Waals surface area contributed by atoms with E-state index < -0.39 is 0 Å². The highest BCUT2D eigenvalue weighted by molar-refractivity contribution is 6.04. The van der Waals surface area contributed by atoms with Gasteiger partial charge in [-0.15, -0.1) is 0 Å². The molecule has 0 aliphatic rings. The van der Waals surface area contributed by atoms with E-state index in [4.69, 9.17) is 0 Å². The van der Waals surface area contributed by atoms with Crippen molar-refractivity contribution in [2.24, 2.45) is 0 Å². The molecule has 0 saturated carbocycles. The molecule has 0 aliphatic carbocycles. The molecule has 5 nitrogen and oxygen atoms in total. The average molecular weight is 325 g/mol. The number of pyridine rings is 1. The summed E-state index contributed by atoms with van der Waals surface area (Å²) in [6, 6.07) is 8.90. The molecule has 2 N–H and O–H groups in total. The van der Waals surface area contributed by atoms with Crippen molar-refractivity contribution in [2.45, 2.75) is 40.2 Å². The van der Waals surface area contributed by atoms with E-state index in [1.54, 1.807) is 6.07 Å². The van der Waals surface area contributed by atoms with Gasteiger partial charge >= 0.3 is 0 Å². The molecule has 0 fully saturated rings. The molecule has 0 aliphatic heterocycles. The highest BCUT2D eigenvalue weighted by Crippen LogP contribution is 2.15. The van der Waals surface area contributed by atoms with E-state index in [2.05, 4.69) is 15.6 Å². The van der Waals surface area contributed by atoms with Crippen LogP contribution in [-0.4, -0.2) is 22.3 Å². The lowest BCUT2D eigenvalue weighted by Gasteiger charge is -2.20. The van der Waals surface area contributed by atoms with Crippen molar-refractivity contribution in [3.8, 4) is 0 Å². The van der Waals surface area contributed by atoms with Gasteiger partial charge in [0.2, 0.25) is 0 Å². The summed E-state index contributed by atoms with van der Waals surface area (Å²) in [5.41, 5.74) is 3.11. The molecule has 0 saturated heterocycles. The third-order valence-corrected chi connectivity index (χ3v) is 3.22. The molecule has 1 aromatic heterocycles. The minimum atomic E-state index is -0.345. The fraction of sp³-hybridized carbons (Fsp3) is 0.316. The Balaban J connectivity index is 2.18. The van der Waals surface area contributed by atoms with Crippen molar-refractivity contribution < 1.29 is 9.59 Å². The predicted octanol–water partition coefficient (Wildman–Crippen LogP) is 3.48. The number of aromatic nitrogens is 1. The predicted molar refractivity (Wildman–Crippen MR) is 95.3 cm³/mol. The Morgan fingerprint density at radius 3 is 2.17 bits per heavy atom. The maximum Gasteiger partial charge on any atom is 0.274 e. The van der Waals surface area contributed by atoms with Crippen LogP contribution in [0.25, 0.3) is 0 Å². The largest absolute Gasteiger partial charge is 0.347 e. The summed E-state index contributed by atoms with van der Waals surface area (Å²) in [6.45, 7) is 9.65. The van der Waals surface area contributed by atoms with E-state index in [1.165, 1.54) is 12.3 Å². The summed E-state index contributed by atoms with van der Waals surface area (Å²) < 4.78 is 0. The van der Waals surface area contributed by atoms with Crippen LogP contribution in [0.3, 0.4) is 0 Å². The second kappa shape index (κ2) is 6.83. The van der Waals surface area contributed by atoms with Crippen LogP contribution in [0, 0.1) is 13.8 Å². The Morgan fingerprint density at radius 1 is 0.958 bits per heavy atom. The van der Waals surface area contributed by atoms with Gasteiger partial charge in [0.25, 0.3) is 11.8 Å². The normalized spacial score (nSPS) is 11.0. The fourth-order valence-electron chi connectivity index (χ4n) is 2.35. The zero-order valence-corrected chi connectivity index (χ0v) is 14.7. The first kappa shape index (κ1) is 17.7. The molecule has 2 amide bonds. The van der Waals surface area contributed by atoms with Crippen LogP contribution in [0.4, 0.5) is 5.69 Å². The number of hydrogen-bond donors (Lipinski definition) is 2. The van der Waals surface area contributed by atoms with Gasteiger partial charge in [-0.3, -0.25) is 14.6 Å². The number of nitrogens with zero attached hydrogens (tertiary/aromatic N) is 1. The number of carbonyl (C=O) groups is 2. The summed E-state index contributed by atoms with van der Waals surface area (Å²) in [6.07, 6.45) is 1.47. The first-order valence-electron chi connectivity index (χ1n) is 7.82. The monoisotopic (exact) mass is 325 g/mol. The fourth-order valence-corrected chi connectivity index (χ4v) is 2.35. The number of hydrogen-bond acceptors (Lipinski definition) is 3. The minimum absolute atomic E-state index is 0.204. The molecule has 5 heteroatoms. The third-order valence-electron chi connectivity index (χ3n) is 3.22. The average Bonchev–Trinajstić information content (AvgIpc) is 2.44. The number of aryl methyl sites for hydroxylation is 2. The molecule has 0 bridgehead atoms. The SMILES string of the molecule is Cc1cc(C)cc(NC(=O)c2cc(C(=O)NC(C)(C)C)ccn2)c1. The Morgan fingerprint density at radius 2 is 1.58 bits per heavy atom. The minimum Gasteiger partial charge on any atom is -0.347 e. The van der Waals surface area contributed by atoms with Crippen molar-refractivity contribution in [3.05, 3.63) is 58.9 Å². The van der Waals surface area contributed by atoms with Crippen LogP contribution in [0.2, 0.25) is 0 Å². The van der Waals surface area contributed by atoms with Crippen LogP contribution in [0.15, 0.2) is 36.5 Å². The van der Waals surface area contributed by atoms with Crippen LogP contribution in [-0.2, 0) is 0 Å². The van der Waals surface area contributed by atoms with Gasteiger partial charge in [0.1, 0.15) is 5.69 Å². The van der Waals surface area contributed by atoms with Crippen LogP contribution < -0.4 is 10.6 Å². The molecule has 0 unspecified atom stereocenters. The third kappa shape index (κ3) is 4.91. The van der Waals surface area contributed by atoms with Crippen molar-refractivity contribution in [1.29, 1.82) is 0 Å². The van der Waals surface area contributed by atoms with Gasteiger partial charge in [0.15, 0.2) is 0 Å². The molecule has 2 rings (SSSR count). The van der Waals surface area contributed by atoms with Gasteiger partial charge < -0.3 is 10.6 Å². The van der Waals surface area contributed by atoms with E-state index in [1.807, 2.05) is 52.8 Å². The van der Waals surface area contributed by atoms with Gasteiger partial charge in [-0.25, -0.2) is 0 Å². The van der Waals surface area contributed by atoms with Crippen molar-refractivity contribution in [2.75, 3.05) is 5.32 Å². The maximum absolute atomic E-state index is 12.4. The topological polar surface area (TPSA) is 71.1 Å². The Bertz CT molecular complexity index is 756. The number of nitrogens with one attached hydrogen (secondary N) is 2. The molecule has 126 valence electrons. The van der Waals surface area contributed by atoms with Gasteiger partial charge in [0.05, 0.1) is 0 Å². The van der Waals surface area contributed by atoms with E-state index in [0.717, 1.165) is 11.1 Å². The lowest BCUT2D eigenvalue weighted by Crippen LogP contribution is -2.40. The van der Waals surface area contributed by atoms with Crippen LogP contribution in [0.5, 0.6) is 0 Å². The second-order valence-corrected chi connectivity index (χ2v) is 6.96. The highest BCUT2D eigenvalue weighted by atomic mass is 16.2. The van der Waals surface area contributed by atoms with Gasteiger partial charge in [0, 0.05) is 23.0 Å². The lowest BCUT2D eigenvalue weighted by molar-refractivity contribution is 0.0919. The first-order chi connectivity index (χ1) is 11.1. The van der Waals surface area contributed by atoms with Crippen LogP contribution >= 0.6 is 0 Å². The summed E-state index contributed by atoms with van der Waals surface area (Å²) in [7, 11) is 0.